The summed E-state index contributed by atoms with van der Waals surface area (Å²) in [5.74, 6) is -0.479. The average molecular weight is 462 g/mol. The molecule has 0 bridgehead atoms. The number of amides is 1. The summed E-state index contributed by atoms with van der Waals surface area (Å²) in [5.41, 5.74) is 2.32. The molecule has 0 spiro atoms. The maximum atomic E-state index is 12.2. The molecule has 134 valence electrons. The van der Waals surface area contributed by atoms with E-state index in [9.17, 15) is 4.79 Å². The van der Waals surface area contributed by atoms with Crippen molar-refractivity contribution in [1.82, 2.24) is 0 Å². The number of nitrogens with one attached hydrogen (secondary N) is 1. The van der Waals surface area contributed by atoms with E-state index in [1.807, 2.05) is 19.9 Å². The number of rotatable bonds is 4. The van der Waals surface area contributed by atoms with Gasteiger partial charge in [0.1, 0.15) is 10.0 Å². The van der Waals surface area contributed by atoms with Gasteiger partial charge in [0.15, 0.2) is 12.4 Å². The number of halogens is 6. The highest BCUT2D eigenvalue weighted by Crippen LogP contribution is 2.48. The zero-order chi connectivity index (χ0) is 18.9. The molecule has 0 aliphatic rings. The van der Waals surface area contributed by atoms with Crippen molar-refractivity contribution in [2.75, 3.05) is 11.9 Å². The third kappa shape index (κ3) is 4.60. The first-order valence-corrected chi connectivity index (χ1v) is 9.11. The Bertz CT molecular complexity index is 801. The van der Waals surface area contributed by atoms with E-state index in [0.29, 0.717) is 10.7 Å². The van der Waals surface area contributed by atoms with E-state index in [0.717, 1.165) is 11.1 Å². The lowest BCUT2D eigenvalue weighted by molar-refractivity contribution is -0.118. The number of ether oxygens (including phenoxy) is 1. The van der Waals surface area contributed by atoms with Crippen molar-refractivity contribution in [3.63, 3.8) is 0 Å². The van der Waals surface area contributed by atoms with Crippen LogP contribution in [0.25, 0.3) is 0 Å². The first-order chi connectivity index (χ1) is 11.6. The van der Waals surface area contributed by atoms with E-state index in [-0.39, 0.29) is 37.5 Å². The lowest BCUT2D eigenvalue weighted by Gasteiger charge is -2.15. The van der Waals surface area contributed by atoms with E-state index in [2.05, 4.69) is 5.32 Å². The number of benzene rings is 2. The molecule has 0 atom stereocenters. The van der Waals surface area contributed by atoms with Crippen LogP contribution in [-0.4, -0.2) is 12.5 Å². The van der Waals surface area contributed by atoms with Gasteiger partial charge in [-0.1, -0.05) is 75.7 Å². The second-order valence-electron chi connectivity index (χ2n) is 5.17. The Balaban J connectivity index is 2.17. The predicted molar refractivity (Wildman–Crippen MR) is 107 cm³/mol. The zero-order valence-electron chi connectivity index (χ0n) is 12.9. The molecular formula is C16H11Cl6NO2. The van der Waals surface area contributed by atoms with Gasteiger partial charge in [0, 0.05) is 0 Å². The van der Waals surface area contributed by atoms with E-state index in [1.54, 1.807) is 6.07 Å². The van der Waals surface area contributed by atoms with E-state index < -0.39 is 5.91 Å². The molecule has 1 N–H and O–H groups in total. The number of hydrogen-bond acceptors (Lipinski definition) is 2. The summed E-state index contributed by atoms with van der Waals surface area (Å²) in [6.45, 7) is 3.37. The highest BCUT2D eigenvalue weighted by Gasteiger charge is 2.21. The lowest BCUT2D eigenvalue weighted by Crippen LogP contribution is -2.21. The minimum Gasteiger partial charge on any atom is -0.481 e. The third-order valence-electron chi connectivity index (χ3n) is 3.21. The number of aryl methyl sites for hydroxylation is 2. The number of carbonyl (C=O) groups is 1. The fraction of sp³-hybridized carbons (Fsp3) is 0.188. The molecule has 1 amide bonds. The smallest absolute Gasteiger partial charge is 0.262 e. The molecule has 0 saturated carbocycles. The van der Waals surface area contributed by atoms with Crippen molar-refractivity contribution >= 4 is 81.2 Å². The Labute approximate surface area is 175 Å². The quantitative estimate of drug-likeness (QED) is 0.385. The summed E-state index contributed by atoms with van der Waals surface area (Å²) in [4.78, 5) is 12.2. The fourth-order valence-electron chi connectivity index (χ4n) is 2.10. The van der Waals surface area contributed by atoms with Crippen LogP contribution in [0.3, 0.4) is 0 Å². The van der Waals surface area contributed by atoms with Gasteiger partial charge in [0.2, 0.25) is 0 Å². The van der Waals surface area contributed by atoms with Gasteiger partial charge in [0.25, 0.3) is 5.91 Å². The Kier molecular flexibility index (Phi) is 7.00. The van der Waals surface area contributed by atoms with E-state index in [4.69, 9.17) is 74.3 Å². The SMILES string of the molecule is Cc1cc(C)c(NC(=O)COc2c(Cl)c(Cl)c(Cl)c(Cl)c2Cl)c(Cl)c1. The molecular weight excluding hydrogens is 451 g/mol. The normalized spacial score (nSPS) is 10.7. The highest BCUT2D eigenvalue weighted by atomic mass is 35.5. The number of hydrogen-bond donors (Lipinski definition) is 1. The Morgan fingerprint density at radius 3 is 1.96 bits per heavy atom. The van der Waals surface area contributed by atoms with Crippen molar-refractivity contribution < 1.29 is 9.53 Å². The Morgan fingerprint density at radius 2 is 1.44 bits per heavy atom. The van der Waals surface area contributed by atoms with Crippen LogP contribution < -0.4 is 10.1 Å². The van der Waals surface area contributed by atoms with Crippen molar-refractivity contribution in [3.05, 3.63) is 53.4 Å². The van der Waals surface area contributed by atoms with Crippen LogP contribution >= 0.6 is 69.6 Å². The van der Waals surface area contributed by atoms with Gasteiger partial charge in [0.05, 0.1) is 25.8 Å². The molecule has 0 aromatic heterocycles. The molecule has 9 heteroatoms. The van der Waals surface area contributed by atoms with Crippen LogP contribution in [0.15, 0.2) is 12.1 Å². The number of anilines is 1. The maximum absolute atomic E-state index is 12.2. The molecule has 0 aliphatic heterocycles. The van der Waals surface area contributed by atoms with E-state index in [1.165, 1.54) is 0 Å². The summed E-state index contributed by atoms with van der Waals surface area (Å²) < 4.78 is 5.38. The molecule has 2 aromatic rings. The zero-order valence-corrected chi connectivity index (χ0v) is 17.5. The molecule has 0 saturated heterocycles. The van der Waals surface area contributed by atoms with Gasteiger partial charge in [-0.05, 0) is 31.0 Å². The summed E-state index contributed by atoms with van der Waals surface area (Å²) in [7, 11) is 0. The fourth-order valence-corrected chi connectivity index (χ4v) is 3.70. The first-order valence-electron chi connectivity index (χ1n) is 6.84. The molecule has 25 heavy (non-hydrogen) atoms. The second-order valence-corrected chi connectivity index (χ2v) is 7.47. The Hall–Kier alpha value is -0.550. The largest absolute Gasteiger partial charge is 0.481 e. The molecule has 3 nitrogen and oxygen atoms in total. The summed E-state index contributed by atoms with van der Waals surface area (Å²) >= 11 is 36.1. The standard InChI is InChI=1S/C16H11Cl6NO2/c1-6-3-7(2)15(8(17)4-6)23-9(24)5-25-16-13(21)11(19)10(18)12(20)14(16)22/h3-4H,5H2,1-2H3,(H,23,24). The van der Waals surface area contributed by atoms with Crippen LogP contribution in [0.1, 0.15) is 11.1 Å². The molecule has 0 aliphatic carbocycles. The predicted octanol–water partition coefficient (Wildman–Crippen LogP) is 7.24. The molecule has 0 unspecified atom stereocenters. The van der Waals surface area contributed by atoms with Gasteiger partial charge in [-0.2, -0.15) is 0 Å². The van der Waals surface area contributed by atoms with Gasteiger partial charge >= 0.3 is 0 Å². The van der Waals surface area contributed by atoms with Gasteiger partial charge in [-0.3, -0.25) is 4.79 Å². The molecule has 2 rings (SSSR count). The lowest BCUT2D eigenvalue weighted by atomic mass is 10.1. The average Bonchev–Trinajstić information content (AvgIpc) is 2.54. The first kappa shape index (κ1) is 20.8. The van der Waals surface area contributed by atoms with Crippen molar-refractivity contribution in [3.8, 4) is 5.75 Å². The van der Waals surface area contributed by atoms with Crippen LogP contribution in [0, 0.1) is 13.8 Å². The highest BCUT2D eigenvalue weighted by molar-refractivity contribution is 6.55. The monoisotopic (exact) mass is 459 g/mol. The molecule has 2 aromatic carbocycles. The van der Waals surface area contributed by atoms with Crippen LogP contribution in [0.2, 0.25) is 30.1 Å². The van der Waals surface area contributed by atoms with Gasteiger partial charge in [-0.15, -0.1) is 0 Å². The maximum Gasteiger partial charge on any atom is 0.262 e. The van der Waals surface area contributed by atoms with Crippen molar-refractivity contribution in [2.24, 2.45) is 0 Å². The molecule has 0 heterocycles. The minimum absolute atomic E-state index is 0.00874. The van der Waals surface area contributed by atoms with Crippen molar-refractivity contribution in [1.29, 1.82) is 0 Å². The summed E-state index contributed by atoms with van der Waals surface area (Å²) in [6, 6.07) is 3.65. The van der Waals surface area contributed by atoms with Crippen LogP contribution in [-0.2, 0) is 4.79 Å². The van der Waals surface area contributed by atoms with Crippen molar-refractivity contribution in [2.45, 2.75) is 13.8 Å². The second kappa shape index (κ2) is 8.43. The topological polar surface area (TPSA) is 38.3 Å². The van der Waals surface area contributed by atoms with Crippen LogP contribution in [0.4, 0.5) is 5.69 Å². The molecule has 0 radical (unpaired) electrons. The van der Waals surface area contributed by atoms with Gasteiger partial charge in [-0.25, -0.2) is 0 Å². The van der Waals surface area contributed by atoms with Gasteiger partial charge < -0.3 is 10.1 Å². The van der Waals surface area contributed by atoms with Crippen LogP contribution in [0.5, 0.6) is 5.75 Å². The summed E-state index contributed by atoms with van der Waals surface area (Å²) in [5, 5.41) is 3.05. The van der Waals surface area contributed by atoms with E-state index >= 15 is 0 Å². The third-order valence-corrected chi connectivity index (χ3v) is 5.75. The Morgan fingerprint density at radius 1 is 0.920 bits per heavy atom. The molecule has 0 fully saturated rings. The summed E-state index contributed by atoms with van der Waals surface area (Å²) in [6.07, 6.45) is 0. The minimum atomic E-state index is -0.455. The number of carbonyl (C=O) groups excluding carboxylic acids is 1.